The Morgan fingerprint density at radius 2 is 2.18 bits per heavy atom. The van der Waals surface area contributed by atoms with Crippen LogP contribution in [0.4, 0.5) is 5.82 Å². The van der Waals surface area contributed by atoms with Gasteiger partial charge in [-0.2, -0.15) is 5.10 Å². The topological polar surface area (TPSA) is 94.0 Å². The average Bonchev–Trinajstić information content (AvgIpc) is 3.11. The second kappa shape index (κ2) is 9.85. The second-order valence-electron chi connectivity index (χ2n) is 5.85. The Labute approximate surface area is 175 Å². The first-order chi connectivity index (χ1) is 13.6. The second-order valence-corrected chi connectivity index (χ2v) is 7.54. The van der Waals surface area contributed by atoms with E-state index in [9.17, 15) is 4.79 Å². The number of halogens is 1. The SMILES string of the molecule is COCCNc1nc(SC)nc2c1cnn2CCNC(=O)c1cccc(Br)c1. The number of ether oxygens (including phenoxy) is 1. The van der Waals surface area contributed by atoms with Crippen LogP contribution in [0.2, 0.25) is 0 Å². The van der Waals surface area contributed by atoms with Gasteiger partial charge >= 0.3 is 0 Å². The predicted octanol–water partition coefficient (Wildman–Crippen LogP) is 2.80. The van der Waals surface area contributed by atoms with E-state index in [4.69, 9.17) is 4.74 Å². The van der Waals surface area contributed by atoms with Crippen molar-refractivity contribution in [2.24, 2.45) is 0 Å². The molecule has 1 aromatic carbocycles. The molecule has 2 heterocycles. The molecule has 0 saturated heterocycles. The van der Waals surface area contributed by atoms with Crippen LogP contribution < -0.4 is 10.6 Å². The largest absolute Gasteiger partial charge is 0.383 e. The molecule has 3 aromatic rings. The van der Waals surface area contributed by atoms with Gasteiger partial charge in [-0.1, -0.05) is 33.8 Å². The number of rotatable bonds is 9. The van der Waals surface area contributed by atoms with E-state index in [1.165, 1.54) is 11.8 Å². The lowest BCUT2D eigenvalue weighted by Crippen LogP contribution is -2.27. The molecule has 0 radical (unpaired) electrons. The molecule has 0 aliphatic heterocycles. The molecule has 28 heavy (non-hydrogen) atoms. The zero-order chi connectivity index (χ0) is 19.9. The van der Waals surface area contributed by atoms with Crippen molar-refractivity contribution < 1.29 is 9.53 Å². The molecular formula is C18H21BrN6O2S. The van der Waals surface area contributed by atoms with Gasteiger partial charge in [-0.15, -0.1) is 0 Å². The third kappa shape index (κ3) is 5.00. The van der Waals surface area contributed by atoms with Gasteiger partial charge in [0, 0.05) is 30.2 Å². The molecule has 2 aromatic heterocycles. The van der Waals surface area contributed by atoms with E-state index in [2.05, 4.69) is 41.6 Å². The molecule has 0 aliphatic rings. The van der Waals surface area contributed by atoms with Crippen molar-refractivity contribution in [3.63, 3.8) is 0 Å². The van der Waals surface area contributed by atoms with E-state index in [0.717, 1.165) is 21.3 Å². The van der Waals surface area contributed by atoms with E-state index in [-0.39, 0.29) is 5.91 Å². The van der Waals surface area contributed by atoms with Crippen molar-refractivity contribution in [2.45, 2.75) is 11.7 Å². The number of aromatic nitrogens is 4. The maximum absolute atomic E-state index is 12.3. The Morgan fingerprint density at radius 1 is 1.32 bits per heavy atom. The molecule has 1 amide bonds. The molecule has 0 spiro atoms. The van der Waals surface area contributed by atoms with E-state index >= 15 is 0 Å². The van der Waals surface area contributed by atoms with Gasteiger partial charge in [-0.05, 0) is 24.5 Å². The van der Waals surface area contributed by atoms with Gasteiger partial charge in [0.25, 0.3) is 5.91 Å². The van der Waals surface area contributed by atoms with Crippen molar-refractivity contribution in [3.8, 4) is 0 Å². The summed E-state index contributed by atoms with van der Waals surface area (Å²) in [6.45, 7) is 2.17. The Morgan fingerprint density at radius 3 is 2.93 bits per heavy atom. The van der Waals surface area contributed by atoms with Gasteiger partial charge in [-0.25, -0.2) is 14.6 Å². The number of hydrogen-bond acceptors (Lipinski definition) is 7. The van der Waals surface area contributed by atoms with Crippen LogP contribution in [0.3, 0.4) is 0 Å². The number of methoxy groups -OCH3 is 1. The van der Waals surface area contributed by atoms with E-state index < -0.39 is 0 Å². The minimum absolute atomic E-state index is 0.126. The van der Waals surface area contributed by atoms with Crippen molar-refractivity contribution in [2.75, 3.05) is 38.4 Å². The van der Waals surface area contributed by atoms with E-state index in [1.54, 1.807) is 30.1 Å². The third-order valence-electron chi connectivity index (χ3n) is 3.95. The lowest BCUT2D eigenvalue weighted by atomic mass is 10.2. The maximum Gasteiger partial charge on any atom is 0.251 e. The minimum Gasteiger partial charge on any atom is -0.383 e. The molecule has 10 heteroatoms. The van der Waals surface area contributed by atoms with Crippen molar-refractivity contribution in [1.29, 1.82) is 0 Å². The molecule has 2 N–H and O–H groups in total. The van der Waals surface area contributed by atoms with Gasteiger partial charge in [0.15, 0.2) is 10.8 Å². The van der Waals surface area contributed by atoms with Crippen LogP contribution in [0.15, 0.2) is 40.1 Å². The number of thioether (sulfide) groups is 1. The lowest BCUT2D eigenvalue weighted by Gasteiger charge is -2.09. The molecule has 0 fully saturated rings. The third-order valence-corrected chi connectivity index (χ3v) is 4.99. The highest BCUT2D eigenvalue weighted by molar-refractivity contribution is 9.10. The quantitative estimate of drug-likeness (QED) is 0.285. The molecule has 0 atom stereocenters. The zero-order valence-electron chi connectivity index (χ0n) is 15.6. The standard InChI is InChI=1S/C18H21BrN6O2S/c1-27-9-7-20-15-14-11-22-25(16(14)24-18(23-15)28-2)8-6-21-17(26)12-4-3-5-13(19)10-12/h3-5,10-11H,6-9H2,1-2H3,(H,21,26)(H,20,23,24). The summed E-state index contributed by atoms with van der Waals surface area (Å²) in [7, 11) is 1.66. The molecule has 0 unspecified atom stereocenters. The smallest absolute Gasteiger partial charge is 0.251 e. The van der Waals surface area contributed by atoms with Crippen LogP contribution >= 0.6 is 27.7 Å². The van der Waals surface area contributed by atoms with Gasteiger partial charge in [0.1, 0.15) is 5.82 Å². The van der Waals surface area contributed by atoms with Crippen LogP contribution in [0, 0.1) is 0 Å². The molecular weight excluding hydrogens is 444 g/mol. The fraction of sp³-hybridized carbons (Fsp3) is 0.333. The fourth-order valence-electron chi connectivity index (χ4n) is 2.60. The van der Waals surface area contributed by atoms with E-state index in [0.29, 0.717) is 37.0 Å². The van der Waals surface area contributed by atoms with Crippen molar-refractivity contribution >= 4 is 50.5 Å². The molecule has 148 valence electrons. The Hall–Kier alpha value is -2.17. The van der Waals surface area contributed by atoms with Crippen LogP contribution in [0.25, 0.3) is 11.0 Å². The first kappa shape index (κ1) is 20.6. The predicted molar refractivity (Wildman–Crippen MR) is 114 cm³/mol. The zero-order valence-corrected chi connectivity index (χ0v) is 18.0. The van der Waals surface area contributed by atoms with Gasteiger partial charge < -0.3 is 15.4 Å². The molecule has 0 aliphatic carbocycles. The molecule has 8 nitrogen and oxygen atoms in total. The lowest BCUT2D eigenvalue weighted by molar-refractivity contribution is 0.0952. The highest BCUT2D eigenvalue weighted by atomic mass is 79.9. The normalized spacial score (nSPS) is 11.0. The van der Waals surface area contributed by atoms with Crippen LogP contribution in [0.5, 0.6) is 0 Å². The fourth-order valence-corrected chi connectivity index (χ4v) is 3.36. The van der Waals surface area contributed by atoms with Gasteiger partial charge in [0.05, 0.1) is 24.7 Å². The Balaban J connectivity index is 1.71. The van der Waals surface area contributed by atoms with Crippen molar-refractivity contribution in [3.05, 3.63) is 40.5 Å². The molecule has 3 rings (SSSR count). The number of nitrogens with zero attached hydrogens (tertiary/aromatic N) is 4. The number of fused-ring (bicyclic) bond motifs is 1. The summed E-state index contributed by atoms with van der Waals surface area (Å²) < 4.78 is 7.73. The maximum atomic E-state index is 12.3. The summed E-state index contributed by atoms with van der Waals surface area (Å²) in [6, 6.07) is 7.28. The summed E-state index contributed by atoms with van der Waals surface area (Å²) in [6.07, 6.45) is 3.67. The number of hydrogen-bond donors (Lipinski definition) is 2. The summed E-state index contributed by atoms with van der Waals surface area (Å²) in [5.41, 5.74) is 1.34. The Bertz CT molecular complexity index is 964. The average molecular weight is 465 g/mol. The van der Waals surface area contributed by atoms with Crippen LogP contribution in [-0.4, -0.2) is 58.7 Å². The number of nitrogens with one attached hydrogen (secondary N) is 2. The number of carbonyl (C=O) groups is 1. The van der Waals surface area contributed by atoms with Crippen molar-refractivity contribution in [1.82, 2.24) is 25.1 Å². The van der Waals surface area contributed by atoms with Crippen LogP contribution in [-0.2, 0) is 11.3 Å². The minimum atomic E-state index is -0.126. The summed E-state index contributed by atoms with van der Waals surface area (Å²) >= 11 is 4.84. The van der Waals surface area contributed by atoms with Gasteiger partial charge in [-0.3, -0.25) is 4.79 Å². The first-order valence-corrected chi connectivity index (χ1v) is 10.7. The number of anilines is 1. The summed E-state index contributed by atoms with van der Waals surface area (Å²) in [5, 5.41) is 12.1. The highest BCUT2D eigenvalue weighted by Crippen LogP contribution is 2.23. The number of benzene rings is 1. The number of carbonyl (C=O) groups excluding carboxylic acids is 1. The Kier molecular flexibility index (Phi) is 7.24. The van der Waals surface area contributed by atoms with Gasteiger partial charge in [0.2, 0.25) is 0 Å². The monoisotopic (exact) mass is 464 g/mol. The summed E-state index contributed by atoms with van der Waals surface area (Å²) in [4.78, 5) is 21.4. The van der Waals surface area contributed by atoms with E-state index in [1.807, 2.05) is 18.4 Å². The molecule has 0 bridgehead atoms. The van der Waals surface area contributed by atoms with Crippen LogP contribution in [0.1, 0.15) is 10.4 Å². The molecule has 0 saturated carbocycles. The first-order valence-electron chi connectivity index (χ1n) is 8.66. The number of amides is 1. The summed E-state index contributed by atoms with van der Waals surface area (Å²) in [5.74, 6) is 0.606. The highest BCUT2D eigenvalue weighted by Gasteiger charge is 2.13.